The van der Waals surface area contributed by atoms with Gasteiger partial charge in [0.05, 0.1) is 29.6 Å². The molecule has 1 aromatic heterocycles. The highest BCUT2D eigenvalue weighted by Gasteiger charge is 2.42. The fourth-order valence-electron chi connectivity index (χ4n) is 3.49. The topological polar surface area (TPSA) is 72.9 Å². The fraction of sp³-hybridized carbons (Fsp3) is 0.389. The number of anilines is 1. The maximum atomic E-state index is 13.3. The minimum Gasteiger partial charge on any atom is -0.356 e. The maximum absolute atomic E-state index is 13.3. The Labute approximate surface area is 163 Å². The number of rotatable bonds is 2. The maximum Gasteiger partial charge on any atom is 0.393 e. The summed E-state index contributed by atoms with van der Waals surface area (Å²) in [6.07, 6.45) is 1.84. The van der Waals surface area contributed by atoms with Gasteiger partial charge in [0.25, 0.3) is 5.91 Å². The Morgan fingerprint density at radius 3 is 2.90 bits per heavy atom. The van der Waals surface area contributed by atoms with Crippen LogP contribution in [-0.4, -0.2) is 52.4 Å². The summed E-state index contributed by atoms with van der Waals surface area (Å²) in [7, 11) is 0. The largest absolute Gasteiger partial charge is 0.393 e. The summed E-state index contributed by atoms with van der Waals surface area (Å²) < 4.78 is 52.6. The molecule has 3 aliphatic rings. The Morgan fingerprint density at radius 2 is 2.14 bits per heavy atom. The van der Waals surface area contributed by atoms with Crippen molar-refractivity contribution in [1.29, 1.82) is 0 Å². The molecule has 1 saturated heterocycles. The summed E-state index contributed by atoms with van der Waals surface area (Å²) in [4.78, 5) is 22.3. The Kier molecular flexibility index (Phi) is 4.99. The molecule has 11 heteroatoms. The summed E-state index contributed by atoms with van der Waals surface area (Å²) in [5.74, 6) is -1.79. The van der Waals surface area contributed by atoms with E-state index in [0.29, 0.717) is 30.2 Å². The van der Waals surface area contributed by atoms with Gasteiger partial charge >= 0.3 is 6.18 Å². The molecule has 7 nitrogen and oxygen atoms in total. The van der Waals surface area contributed by atoms with Gasteiger partial charge in [-0.25, -0.2) is 14.8 Å². The number of nitrogens with zero attached hydrogens (tertiary/aromatic N) is 4. The minimum atomic E-state index is -4.25. The second-order valence-corrected chi connectivity index (χ2v) is 6.97. The summed E-state index contributed by atoms with van der Waals surface area (Å²) in [5.41, 5.74) is 3.45. The number of nitrogens with one attached hydrogen (secondary N) is 2. The normalized spacial score (nSPS) is 21.9. The molecular formula is C18H18F4N6O. The first-order valence-corrected chi connectivity index (χ1v) is 9.07. The lowest BCUT2D eigenvalue weighted by Gasteiger charge is -2.36. The van der Waals surface area contributed by atoms with Gasteiger partial charge in [0, 0.05) is 31.9 Å². The predicted molar refractivity (Wildman–Crippen MR) is 96.6 cm³/mol. The third-order valence-electron chi connectivity index (χ3n) is 4.96. The molecule has 154 valence electrons. The minimum absolute atomic E-state index is 0.0999. The Bertz CT molecular complexity index is 910. The zero-order chi connectivity index (χ0) is 20.6. The van der Waals surface area contributed by atoms with Gasteiger partial charge in [0.15, 0.2) is 5.82 Å². The van der Waals surface area contributed by atoms with Crippen LogP contribution in [0.15, 0.2) is 47.1 Å². The van der Waals surface area contributed by atoms with E-state index in [4.69, 9.17) is 0 Å². The highest BCUT2D eigenvalue weighted by atomic mass is 19.4. The number of amides is 1. The number of halogens is 4. The first-order chi connectivity index (χ1) is 13.8. The van der Waals surface area contributed by atoms with Crippen LogP contribution >= 0.6 is 0 Å². The molecule has 1 aromatic rings. The fourth-order valence-corrected chi connectivity index (χ4v) is 3.49. The number of likely N-dealkylation sites (tertiary alicyclic amines) is 1. The van der Waals surface area contributed by atoms with Gasteiger partial charge in [-0.05, 0) is 18.9 Å². The molecule has 1 fully saturated rings. The van der Waals surface area contributed by atoms with Crippen LogP contribution in [0.1, 0.15) is 12.8 Å². The molecule has 4 heterocycles. The zero-order valence-electron chi connectivity index (χ0n) is 15.2. The Hall–Kier alpha value is -2.95. The molecule has 0 radical (unpaired) electrons. The van der Waals surface area contributed by atoms with Crippen LogP contribution in [0.25, 0.3) is 0 Å². The molecule has 0 saturated carbocycles. The van der Waals surface area contributed by atoms with E-state index >= 15 is 0 Å². The van der Waals surface area contributed by atoms with E-state index < -0.39 is 23.8 Å². The summed E-state index contributed by atoms with van der Waals surface area (Å²) >= 11 is 0. The molecule has 4 rings (SSSR count). The quantitative estimate of drug-likeness (QED) is 0.733. The van der Waals surface area contributed by atoms with Gasteiger partial charge in [-0.3, -0.25) is 14.8 Å². The number of carbonyl (C=O) groups excluding carboxylic acids is 1. The van der Waals surface area contributed by atoms with Crippen LogP contribution < -0.4 is 10.7 Å². The van der Waals surface area contributed by atoms with Crippen molar-refractivity contribution in [1.82, 2.24) is 20.3 Å². The molecule has 2 N–H and O–H groups in total. The molecule has 0 aliphatic carbocycles. The number of pyridine rings is 1. The van der Waals surface area contributed by atoms with Crippen LogP contribution in [0.5, 0.6) is 0 Å². The smallest absolute Gasteiger partial charge is 0.356 e. The first kappa shape index (κ1) is 19.4. The number of piperidine rings is 1. The molecule has 29 heavy (non-hydrogen) atoms. The van der Waals surface area contributed by atoms with Crippen molar-refractivity contribution < 1.29 is 22.4 Å². The average molecular weight is 410 g/mol. The lowest BCUT2D eigenvalue weighted by molar-refractivity contribution is -0.183. The van der Waals surface area contributed by atoms with Gasteiger partial charge in [-0.15, -0.1) is 0 Å². The molecule has 1 unspecified atom stereocenters. The summed E-state index contributed by atoms with van der Waals surface area (Å²) in [5, 5.41) is 4.09. The summed E-state index contributed by atoms with van der Waals surface area (Å²) in [6.45, 7) is 0.479. The molecule has 0 spiro atoms. The zero-order valence-corrected chi connectivity index (χ0v) is 15.2. The number of carbonyl (C=O) groups is 1. The monoisotopic (exact) mass is 410 g/mol. The Balaban J connectivity index is 1.55. The van der Waals surface area contributed by atoms with Gasteiger partial charge in [-0.1, -0.05) is 0 Å². The summed E-state index contributed by atoms with van der Waals surface area (Å²) in [6, 6.07) is 1.14. The van der Waals surface area contributed by atoms with Crippen LogP contribution in [0.2, 0.25) is 0 Å². The standard InChI is InChI=1S/C18H18F4N6O/c19-12-6-13(8-23-7-12)25-17(29)14-9-24-28-5-3-15(26-16(14)28)27-4-1-2-11(10-27)18(20,21)22/h3,5-8,11,24H,1-2,4,9-10H2,(H,25,29). The Morgan fingerprint density at radius 1 is 1.31 bits per heavy atom. The number of hydrazine groups is 1. The molecule has 0 bridgehead atoms. The molecule has 1 atom stereocenters. The molecule has 3 aliphatic heterocycles. The number of alkyl halides is 3. The number of aliphatic imine (C=N–C) groups is 1. The van der Waals surface area contributed by atoms with Crippen LogP contribution in [0, 0.1) is 11.7 Å². The SMILES string of the molecule is O=C(Nc1cncc(F)c1)C1=C2N=C(N3CCCC(C(F)(F)F)C3)C=CN2NC1. The third-order valence-corrected chi connectivity index (χ3v) is 4.96. The van der Waals surface area contributed by atoms with Crippen molar-refractivity contribution in [2.75, 3.05) is 25.0 Å². The van der Waals surface area contributed by atoms with Gasteiger partial charge in [-0.2, -0.15) is 13.2 Å². The van der Waals surface area contributed by atoms with Crippen LogP contribution in [0.3, 0.4) is 0 Å². The van der Waals surface area contributed by atoms with Crippen LogP contribution in [-0.2, 0) is 4.79 Å². The number of hydrogen-bond donors (Lipinski definition) is 2. The lowest BCUT2D eigenvalue weighted by atomic mass is 9.97. The highest BCUT2D eigenvalue weighted by Crippen LogP contribution is 2.34. The van der Waals surface area contributed by atoms with Crippen molar-refractivity contribution >= 4 is 17.4 Å². The number of hydrogen-bond acceptors (Lipinski definition) is 6. The van der Waals surface area contributed by atoms with Gasteiger partial charge < -0.3 is 10.2 Å². The number of aromatic nitrogens is 1. The van der Waals surface area contributed by atoms with Crippen molar-refractivity contribution in [2.24, 2.45) is 10.9 Å². The average Bonchev–Trinajstić information content (AvgIpc) is 3.11. The number of amidine groups is 1. The second-order valence-electron chi connectivity index (χ2n) is 6.97. The molecule has 1 amide bonds. The van der Waals surface area contributed by atoms with Crippen molar-refractivity contribution in [3.63, 3.8) is 0 Å². The molecular weight excluding hydrogens is 392 g/mol. The third kappa shape index (κ3) is 4.09. The van der Waals surface area contributed by atoms with Crippen molar-refractivity contribution in [3.05, 3.63) is 47.9 Å². The van der Waals surface area contributed by atoms with E-state index in [2.05, 4.69) is 20.7 Å². The van der Waals surface area contributed by atoms with Crippen LogP contribution in [0.4, 0.5) is 23.2 Å². The number of fused-ring (bicyclic) bond motifs is 1. The van der Waals surface area contributed by atoms with E-state index in [1.165, 1.54) is 11.2 Å². The van der Waals surface area contributed by atoms with E-state index in [1.807, 2.05) is 0 Å². The van der Waals surface area contributed by atoms with Crippen molar-refractivity contribution in [2.45, 2.75) is 19.0 Å². The van der Waals surface area contributed by atoms with E-state index in [0.717, 1.165) is 12.3 Å². The van der Waals surface area contributed by atoms with E-state index in [9.17, 15) is 22.4 Å². The van der Waals surface area contributed by atoms with E-state index in [-0.39, 0.29) is 25.2 Å². The molecule has 0 aromatic carbocycles. The first-order valence-electron chi connectivity index (χ1n) is 9.07. The lowest BCUT2D eigenvalue weighted by Crippen LogP contribution is -2.45. The predicted octanol–water partition coefficient (Wildman–Crippen LogP) is 2.39. The highest BCUT2D eigenvalue weighted by molar-refractivity contribution is 6.05. The van der Waals surface area contributed by atoms with Gasteiger partial charge in [0.2, 0.25) is 0 Å². The second kappa shape index (κ2) is 7.47. The van der Waals surface area contributed by atoms with E-state index in [1.54, 1.807) is 17.2 Å². The van der Waals surface area contributed by atoms with Gasteiger partial charge in [0.1, 0.15) is 11.7 Å². The van der Waals surface area contributed by atoms with Crippen molar-refractivity contribution in [3.8, 4) is 0 Å².